The summed E-state index contributed by atoms with van der Waals surface area (Å²) in [5.41, 5.74) is 1.41. The van der Waals surface area contributed by atoms with Crippen molar-refractivity contribution in [2.75, 3.05) is 34.7 Å². The number of carboxylic acids is 1. The number of rotatable bonds is 5. The van der Waals surface area contributed by atoms with Crippen molar-refractivity contribution in [3.05, 3.63) is 35.9 Å². The van der Waals surface area contributed by atoms with Crippen molar-refractivity contribution >= 4 is 18.4 Å². The van der Waals surface area contributed by atoms with Crippen LogP contribution in [0.5, 0.6) is 0 Å². The third kappa shape index (κ3) is 12.0. The van der Waals surface area contributed by atoms with Crippen molar-refractivity contribution in [3.8, 4) is 0 Å². The Balaban J connectivity index is 0. The Morgan fingerprint density at radius 1 is 1.15 bits per heavy atom. The number of hydrogen-bond acceptors (Lipinski definition) is 3. The Labute approximate surface area is 128 Å². The number of carbonyl (C=O) groups is 1. The zero-order chi connectivity index (χ0) is 14.8. The van der Waals surface area contributed by atoms with E-state index in [2.05, 4.69) is 68.3 Å². The molecular formula is C15H27ClN2O2. The standard InChI is InChI=1S/C13H22N2.C2H4O2.ClH/c1-14(2)11-13(15(3)4)10-12-8-6-5-7-9-12;1-2(3)4;/h5-9,13H,10-11H2,1-4H3;1H3,(H,3,4);1H. The number of carboxylic acid groups (broad SMARTS) is 1. The smallest absolute Gasteiger partial charge is 0.300 e. The first-order valence-corrected chi connectivity index (χ1v) is 6.37. The highest BCUT2D eigenvalue weighted by Gasteiger charge is 2.12. The van der Waals surface area contributed by atoms with Crippen molar-refractivity contribution in [1.82, 2.24) is 9.80 Å². The Morgan fingerprint density at radius 2 is 1.60 bits per heavy atom. The fourth-order valence-electron chi connectivity index (χ4n) is 1.72. The molecule has 0 heterocycles. The summed E-state index contributed by atoms with van der Waals surface area (Å²) in [6.07, 6.45) is 1.12. The van der Waals surface area contributed by atoms with Gasteiger partial charge in [-0.1, -0.05) is 30.3 Å². The maximum absolute atomic E-state index is 9.00. The lowest BCUT2D eigenvalue weighted by Gasteiger charge is -2.27. The lowest BCUT2D eigenvalue weighted by Crippen LogP contribution is -2.38. The number of halogens is 1. The largest absolute Gasteiger partial charge is 0.481 e. The van der Waals surface area contributed by atoms with Crippen molar-refractivity contribution in [2.24, 2.45) is 0 Å². The minimum Gasteiger partial charge on any atom is -0.481 e. The normalized spacial score (nSPS) is 11.3. The SMILES string of the molecule is CC(=O)O.CN(C)CC(Cc1ccccc1)N(C)C.Cl. The Morgan fingerprint density at radius 3 is 1.95 bits per heavy atom. The molecule has 0 fully saturated rings. The second-order valence-electron chi connectivity index (χ2n) is 5.09. The third-order valence-corrected chi connectivity index (χ3v) is 2.62. The highest BCUT2D eigenvalue weighted by Crippen LogP contribution is 2.07. The lowest BCUT2D eigenvalue weighted by atomic mass is 10.1. The van der Waals surface area contributed by atoms with Gasteiger partial charge in [-0.05, 0) is 40.2 Å². The molecule has 1 aromatic rings. The van der Waals surface area contributed by atoms with Gasteiger partial charge in [-0.15, -0.1) is 12.4 Å². The molecule has 1 rings (SSSR count). The minimum absolute atomic E-state index is 0. The molecule has 1 N–H and O–H groups in total. The van der Waals surface area contributed by atoms with E-state index in [1.807, 2.05) is 0 Å². The molecule has 0 aliphatic rings. The molecule has 20 heavy (non-hydrogen) atoms. The van der Waals surface area contributed by atoms with Crippen molar-refractivity contribution in [1.29, 1.82) is 0 Å². The number of aliphatic carboxylic acids is 1. The molecule has 0 aliphatic carbocycles. The quantitative estimate of drug-likeness (QED) is 0.906. The van der Waals surface area contributed by atoms with Gasteiger partial charge in [0.05, 0.1) is 0 Å². The monoisotopic (exact) mass is 302 g/mol. The Bertz CT molecular complexity index is 352. The molecule has 1 aromatic carbocycles. The zero-order valence-electron chi connectivity index (χ0n) is 13.0. The van der Waals surface area contributed by atoms with Crippen LogP contribution < -0.4 is 0 Å². The molecule has 1 unspecified atom stereocenters. The first-order chi connectivity index (χ1) is 8.82. The molecule has 5 heteroatoms. The lowest BCUT2D eigenvalue weighted by molar-refractivity contribution is -0.134. The highest BCUT2D eigenvalue weighted by molar-refractivity contribution is 5.85. The molecule has 0 aromatic heterocycles. The summed E-state index contributed by atoms with van der Waals surface area (Å²) >= 11 is 0. The van der Waals surface area contributed by atoms with Gasteiger partial charge in [-0.3, -0.25) is 4.79 Å². The van der Waals surface area contributed by atoms with Crippen LogP contribution in [0.2, 0.25) is 0 Å². The molecule has 0 aliphatic heterocycles. The van der Waals surface area contributed by atoms with Crippen LogP contribution in [0.25, 0.3) is 0 Å². The first-order valence-electron chi connectivity index (χ1n) is 6.37. The summed E-state index contributed by atoms with van der Waals surface area (Å²) < 4.78 is 0. The number of hydrogen-bond donors (Lipinski definition) is 1. The third-order valence-electron chi connectivity index (χ3n) is 2.62. The van der Waals surface area contributed by atoms with E-state index in [0.29, 0.717) is 6.04 Å². The van der Waals surface area contributed by atoms with Crippen molar-refractivity contribution in [3.63, 3.8) is 0 Å². The van der Waals surface area contributed by atoms with Crippen molar-refractivity contribution in [2.45, 2.75) is 19.4 Å². The summed E-state index contributed by atoms with van der Waals surface area (Å²) in [4.78, 5) is 13.5. The second-order valence-corrected chi connectivity index (χ2v) is 5.09. The van der Waals surface area contributed by atoms with Crippen LogP contribution in [-0.2, 0) is 11.2 Å². The van der Waals surface area contributed by atoms with E-state index in [1.54, 1.807) is 0 Å². The van der Waals surface area contributed by atoms with Gasteiger partial charge in [0.2, 0.25) is 0 Å². The van der Waals surface area contributed by atoms with Crippen LogP contribution in [0.15, 0.2) is 30.3 Å². The van der Waals surface area contributed by atoms with Crippen LogP contribution in [0.1, 0.15) is 12.5 Å². The number of benzene rings is 1. The summed E-state index contributed by atoms with van der Waals surface area (Å²) in [6.45, 7) is 2.18. The van der Waals surface area contributed by atoms with E-state index in [4.69, 9.17) is 9.90 Å². The van der Waals surface area contributed by atoms with E-state index in [0.717, 1.165) is 19.9 Å². The number of likely N-dealkylation sites (N-methyl/N-ethyl adjacent to an activating group) is 2. The molecule has 0 saturated heterocycles. The van der Waals surface area contributed by atoms with Crippen LogP contribution in [0.3, 0.4) is 0 Å². The fourth-order valence-corrected chi connectivity index (χ4v) is 1.72. The van der Waals surface area contributed by atoms with Gasteiger partial charge >= 0.3 is 0 Å². The topological polar surface area (TPSA) is 43.8 Å². The van der Waals surface area contributed by atoms with E-state index < -0.39 is 5.97 Å². The average Bonchev–Trinajstić information content (AvgIpc) is 2.28. The minimum atomic E-state index is -0.833. The van der Waals surface area contributed by atoms with Crippen molar-refractivity contribution < 1.29 is 9.90 Å². The Kier molecular flexibility index (Phi) is 12.4. The molecular weight excluding hydrogens is 276 g/mol. The average molecular weight is 303 g/mol. The van der Waals surface area contributed by atoms with Gasteiger partial charge in [0, 0.05) is 19.5 Å². The molecule has 0 amide bonds. The van der Waals surface area contributed by atoms with Gasteiger partial charge in [0.25, 0.3) is 5.97 Å². The second kappa shape index (κ2) is 11.7. The van der Waals surface area contributed by atoms with Gasteiger partial charge in [-0.25, -0.2) is 0 Å². The summed E-state index contributed by atoms with van der Waals surface area (Å²) in [6, 6.07) is 11.3. The predicted molar refractivity (Wildman–Crippen MR) is 86.7 cm³/mol. The van der Waals surface area contributed by atoms with Gasteiger partial charge in [-0.2, -0.15) is 0 Å². The zero-order valence-corrected chi connectivity index (χ0v) is 13.9. The number of nitrogens with zero attached hydrogens (tertiary/aromatic N) is 2. The summed E-state index contributed by atoms with van der Waals surface area (Å²) in [7, 11) is 8.55. The van der Waals surface area contributed by atoms with E-state index in [-0.39, 0.29) is 12.4 Å². The van der Waals surface area contributed by atoms with E-state index in [9.17, 15) is 0 Å². The predicted octanol–water partition coefficient (Wildman–Crippen LogP) is 2.23. The van der Waals surface area contributed by atoms with E-state index >= 15 is 0 Å². The molecule has 4 nitrogen and oxygen atoms in total. The van der Waals surface area contributed by atoms with Crippen LogP contribution >= 0.6 is 12.4 Å². The van der Waals surface area contributed by atoms with Crippen LogP contribution in [-0.4, -0.2) is 61.7 Å². The molecule has 116 valence electrons. The fraction of sp³-hybridized carbons (Fsp3) is 0.533. The molecule has 0 bridgehead atoms. The maximum atomic E-state index is 9.00. The van der Waals surface area contributed by atoms with Gasteiger partial charge in [0.1, 0.15) is 0 Å². The highest BCUT2D eigenvalue weighted by atomic mass is 35.5. The van der Waals surface area contributed by atoms with Crippen LogP contribution in [0.4, 0.5) is 0 Å². The molecule has 0 radical (unpaired) electrons. The first kappa shape index (κ1) is 21.2. The molecule has 1 atom stereocenters. The van der Waals surface area contributed by atoms with E-state index in [1.165, 1.54) is 5.56 Å². The molecule has 0 spiro atoms. The maximum Gasteiger partial charge on any atom is 0.300 e. The summed E-state index contributed by atoms with van der Waals surface area (Å²) in [5, 5.41) is 7.42. The Hall–Kier alpha value is -1.10. The molecule has 0 saturated carbocycles. The van der Waals surface area contributed by atoms with Crippen LogP contribution in [0, 0.1) is 0 Å². The van der Waals surface area contributed by atoms with Gasteiger partial charge in [0.15, 0.2) is 0 Å². The van der Waals surface area contributed by atoms with Gasteiger partial charge < -0.3 is 14.9 Å². The summed E-state index contributed by atoms with van der Waals surface area (Å²) in [5.74, 6) is -0.833.